The van der Waals surface area contributed by atoms with E-state index in [2.05, 4.69) is 5.32 Å². The minimum Gasteiger partial charge on any atom is -0.493 e. The number of amides is 1. The molecule has 140 valence electrons. The third-order valence-electron chi connectivity index (χ3n) is 4.05. The number of rotatable bonds is 6. The third kappa shape index (κ3) is 3.72. The zero-order valence-electron chi connectivity index (χ0n) is 15.2. The molecule has 0 bridgehead atoms. The Morgan fingerprint density at radius 3 is 2.56 bits per heavy atom. The monoisotopic (exact) mass is 369 g/mol. The highest BCUT2D eigenvalue weighted by Gasteiger charge is 2.18. The van der Waals surface area contributed by atoms with E-state index >= 15 is 0 Å². The van der Waals surface area contributed by atoms with E-state index in [4.69, 9.17) is 18.9 Å². The Hall–Kier alpha value is -3.48. The van der Waals surface area contributed by atoms with Gasteiger partial charge < -0.3 is 24.3 Å². The molecule has 1 aliphatic heterocycles. The van der Waals surface area contributed by atoms with Crippen molar-refractivity contribution in [2.75, 3.05) is 33.3 Å². The second-order valence-electron chi connectivity index (χ2n) is 5.67. The zero-order chi connectivity index (χ0) is 19.4. The first-order valence-corrected chi connectivity index (χ1v) is 8.15. The fraction of sp³-hybridized carbons (Fsp3) is 0.200. The Morgan fingerprint density at radius 2 is 1.85 bits per heavy atom. The molecule has 1 N–H and O–H groups in total. The first kappa shape index (κ1) is 18.3. The molecule has 0 spiro atoms. The predicted octanol–water partition coefficient (Wildman–Crippen LogP) is 2.94. The van der Waals surface area contributed by atoms with Crippen LogP contribution in [0.2, 0.25) is 0 Å². The maximum atomic E-state index is 12.5. The molecule has 1 aliphatic rings. The zero-order valence-corrected chi connectivity index (χ0v) is 15.2. The van der Waals surface area contributed by atoms with Gasteiger partial charge in [-0.2, -0.15) is 0 Å². The van der Waals surface area contributed by atoms with Gasteiger partial charge in [0.1, 0.15) is 5.75 Å². The first-order chi connectivity index (χ1) is 13.1. The van der Waals surface area contributed by atoms with Gasteiger partial charge in [-0.05, 0) is 42.5 Å². The molecule has 0 atom stereocenters. The van der Waals surface area contributed by atoms with Gasteiger partial charge in [0.25, 0.3) is 5.91 Å². The maximum absolute atomic E-state index is 12.5. The summed E-state index contributed by atoms with van der Waals surface area (Å²) < 4.78 is 21.3. The van der Waals surface area contributed by atoms with Gasteiger partial charge in [0.15, 0.2) is 23.9 Å². The van der Waals surface area contributed by atoms with E-state index in [0.29, 0.717) is 39.8 Å². The topological polar surface area (TPSA) is 83.1 Å². The molecule has 2 aromatic carbocycles. The molecule has 27 heavy (non-hydrogen) atoms. The number of fused-ring (bicyclic) bond motifs is 1. The third-order valence-corrected chi connectivity index (χ3v) is 4.05. The molecule has 0 fully saturated rings. The van der Waals surface area contributed by atoms with Crippen molar-refractivity contribution >= 4 is 23.5 Å². The molecule has 0 unspecified atom stereocenters. The number of carbonyl (C=O) groups excluding carboxylic acids is 2. The summed E-state index contributed by atoms with van der Waals surface area (Å²) >= 11 is 0. The van der Waals surface area contributed by atoms with Crippen LogP contribution in [0.1, 0.15) is 15.9 Å². The largest absolute Gasteiger partial charge is 0.493 e. The lowest BCUT2D eigenvalue weighted by Crippen LogP contribution is -2.25. The lowest BCUT2D eigenvalue weighted by Gasteiger charge is -2.18. The predicted molar refractivity (Wildman–Crippen MR) is 100 cm³/mol. The molecule has 0 aliphatic carbocycles. The molecule has 1 amide bonds. The summed E-state index contributed by atoms with van der Waals surface area (Å²) in [6, 6.07) is 8.40. The maximum Gasteiger partial charge on any atom is 0.262 e. The normalized spacial score (nSPS) is 12.8. The van der Waals surface area contributed by atoms with Crippen LogP contribution >= 0.6 is 0 Å². The summed E-state index contributed by atoms with van der Waals surface area (Å²) in [5.74, 6) is 1.50. The van der Waals surface area contributed by atoms with Crippen molar-refractivity contribution in [1.82, 2.24) is 0 Å². The van der Waals surface area contributed by atoms with Crippen LogP contribution in [0.15, 0.2) is 36.4 Å². The number of hydrogen-bond acceptors (Lipinski definition) is 6. The summed E-state index contributed by atoms with van der Waals surface area (Å²) in [7, 11) is 4.57. The number of ketones is 1. The number of carbonyl (C=O) groups is 2. The molecular formula is C20H19NO6. The number of methoxy groups -OCH3 is 3. The highest BCUT2D eigenvalue weighted by atomic mass is 16.5. The summed E-state index contributed by atoms with van der Waals surface area (Å²) in [5, 5.41) is 2.68. The molecule has 7 nitrogen and oxygen atoms in total. The molecule has 3 rings (SSSR count). The quantitative estimate of drug-likeness (QED) is 0.623. The Bertz CT molecular complexity index is 919. The van der Waals surface area contributed by atoms with E-state index in [1.807, 2.05) is 0 Å². The molecule has 0 aromatic heterocycles. The van der Waals surface area contributed by atoms with Crippen molar-refractivity contribution in [2.24, 2.45) is 0 Å². The van der Waals surface area contributed by atoms with Crippen molar-refractivity contribution in [2.45, 2.75) is 0 Å². The summed E-state index contributed by atoms with van der Waals surface area (Å²) in [5.41, 5.74) is 1.57. The fourth-order valence-corrected chi connectivity index (χ4v) is 2.75. The molecular weight excluding hydrogens is 350 g/mol. The Morgan fingerprint density at radius 1 is 1.07 bits per heavy atom. The minimum absolute atomic E-state index is 0.0285. The van der Waals surface area contributed by atoms with E-state index < -0.39 is 0 Å². The lowest BCUT2D eigenvalue weighted by atomic mass is 10.1. The molecule has 0 radical (unpaired) electrons. The van der Waals surface area contributed by atoms with Crippen LogP contribution in [0, 0.1) is 0 Å². The highest BCUT2D eigenvalue weighted by Crippen LogP contribution is 2.40. The second-order valence-corrected chi connectivity index (χ2v) is 5.67. The Labute approximate surface area is 156 Å². The van der Waals surface area contributed by atoms with Gasteiger partial charge in [-0.3, -0.25) is 9.59 Å². The van der Waals surface area contributed by atoms with Crippen LogP contribution in [0.4, 0.5) is 5.69 Å². The van der Waals surface area contributed by atoms with E-state index in [9.17, 15) is 9.59 Å². The van der Waals surface area contributed by atoms with Crippen LogP contribution in [-0.2, 0) is 4.79 Å². The number of benzene rings is 2. The van der Waals surface area contributed by atoms with Crippen LogP contribution in [-0.4, -0.2) is 39.6 Å². The molecule has 0 saturated heterocycles. The Kier molecular flexibility index (Phi) is 5.30. The van der Waals surface area contributed by atoms with Crippen molar-refractivity contribution in [1.29, 1.82) is 0 Å². The van der Waals surface area contributed by atoms with Crippen LogP contribution in [0.25, 0.3) is 6.08 Å². The Balaban J connectivity index is 1.87. The molecule has 7 heteroatoms. The molecule has 1 heterocycles. The number of anilines is 1. The number of hydrogen-bond donors (Lipinski definition) is 1. The van der Waals surface area contributed by atoms with Crippen LogP contribution in [0.3, 0.4) is 0 Å². The van der Waals surface area contributed by atoms with Gasteiger partial charge in [-0.25, -0.2) is 0 Å². The van der Waals surface area contributed by atoms with Crippen molar-refractivity contribution in [3.05, 3.63) is 47.5 Å². The molecule has 2 aromatic rings. The molecule has 0 saturated carbocycles. The van der Waals surface area contributed by atoms with Crippen molar-refractivity contribution in [3.63, 3.8) is 0 Å². The van der Waals surface area contributed by atoms with E-state index in [1.54, 1.807) is 36.4 Å². The van der Waals surface area contributed by atoms with E-state index in [-0.39, 0.29) is 18.3 Å². The SMILES string of the molecule is COc1ccc(/C=C/C(=O)c2ccc3c(c2)NC(=O)CO3)c(OC)c1OC. The lowest BCUT2D eigenvalue weighted by molar-refractivity contribution is -0.118. The standard InChI is InChI=1S/C20H19NO6/c1-24-17-9-5-12(19(25-2)20(17)26-3)4-7-15(22)13-6-8-16-14(10-13)21-18(23)11-27-16/h4-10H,11H2,1-3H3,(H,21,23)/b7-4+. The fourth-order valence-electron chi connectivity index (χ4n) is 2.75. The number of nitrogens with one attached hydrogen (secondary N) is 1. The van der Waals surface area contributed by atoms with Gasteiger partial charge in [-0.15, -0.1) is 0 Å². The minimum atomic E-state index is -0.252. The smallest absolute Gasteiger partial charge is 0.262 e. The average Bonchev–Trinajstić information content (AvgIpc) is 2.70. The number of ether oxygens (including phenoxy) is 4. The summed E-state index contributed by atoms with van der Waals surface area (Å²) in [6.07, 6.45) is 3.06. The van der Waals surface area contributed by atoms with E-state index in [1.165, 1.54) is 27.4 Å². The van der Waals surface area contributed by atoms with Crippen molar-refractivity contribution in [3.8, 4) is 23.0 Å². The van der Waals surface area contributed by atoms with Gasteiger partial charge >= 0.3 is 0 Å². The highest BCUT2D eigenvalue weighted by molar-refractivity contribution is 6.08. The average molecular weight is 369 g/mol. The summed E-state index contributed by atoms with van der Waals surface area (Å²) in [4.78, 5) is 24.0. The van der Waals surface area contributed by atoms with Gasteiger partial charge in [0, 0.05) is 11.1 Å². The van der Waals surface area contributed by atoms with Crippen LogP contribution < -0.4 is 24.3 Å². The second kappa shape index (κ2) is 7.82. The number of allylic oxidation sites excluding steroid dienone is 1. The first-order valence-electron chi connectivity index (χ1n) is 8.15. The summed E-state index contributed by atoms with van der Waals surface area (Å²) in [6.45, 7) is -0.0285. The van der Waals surface area contributed by atoms with Crippen LogP contribution in [0.5, 0.6) is 23.0 Å². The van der Waals surface area contributed by atoms with Gasteiger partial charge in [-0.1, -0.05) is 0 Å². The van der Waals surface area contributed by atoms with Gasteiger partial charge in [0.2, 0.25) is 5.75 Å². The van der Waals surface area contributed by atoms with E-state index in [0.717, 1.165) is 0 Å². The van der Waals surface area contributed by atoms with Crippen molar-refractivity contribution < 1.29 is 28.5 Å². The van der Waals surface area contributed by atoms with Gasteiger partial charge in [0.05, 0.1) is 27.0 Å².